The molecule has 1 saturated heterocycles. The van der Waals surface area contributed by atoms with E-state index in [1.807, 2.05) is 0 Å². The summed E-state index contributed by atoms with van der Waals surface area (Å²) in [5, 5.41) is 3.24. The topological polar surface area (TPSA) is 38.3 Å². The minimum Gasteiger partial charge on any atom is -0.381 e. The summed E-state index contributed by atoms with van der Waals surface area (Å²) in [4.78, 5) is 12.1. The van der Waals surface area contributed by atoms with Gasteiger partial charge >= 0.3 is 0 Å². The summed E-state index contributed by atoms with van der Waals surface area (Å²) < 4.78 is 5.32. The van der Waals surface area contributed by atoms with Crippen molar-refractivity contribution in [2.45, 2.75) is 38.1 Å². The maximum Gasteiger partial charge on any atom is 0.221 e. The van der Waals surface area contributed by atoms with E-state index in [0.29, 0.717) is 12.3 Å². The molecule has 1 aromatic carbocycles. The number of carbonyl (C=O) groups is 1. The first kappa shape index (κ1) is 12.7. The van der Waals surface area contributed by atoms with Crippen LogP contribution in [0.1, 0.15) is 36.8 Å². The first-order valence-corrected chi connectivity index (χ1v) is 7.14. The van der Waals surface area contributed by atoms with Crippen molar-refractivity contribution in [3.63, 3.8) is 0 Å². The fourth-order valence-electron chi connectivity index (χ4n) is 2.88. The van der Waals surface area contributed by atoms with Gasteiger partial charge in [-0.05, 0) is 37.7 Å². The van der Waals surface area contributed by atoms with Crippen molar-refractivity contribution in [1.82, 2.24) is 5.32 Å². The average Bonchev–Trinajstić information content (AvgIpc) is 2.97. The van der Waals surface area contributed by atoms with Gasteiger partial charge in [0, 0.05) is 19.6 Å². The maximum atomic E-state index is 12.1. The summed E-state index contributed by atoms with van der Waals surface area (Å²) in [5.41, 5.74) is 2.42. The third-order valence-electron chi connectivity index (χ3n) is 4.20. The predicted octanol–water partition coefficient (Wildman–Crippen LogP) is 2.53. The van der Waals surface area contributed by atoms with E-state index in [4.69, 9.17) is 4.74 Å². The van der Waals surface area contributed by atoms with Gasteiger partial charge in [0.1, 0.15) is 0 Å². The van der Waals surface area contributed by atoms with Crippen molar-refractivity contribution >= 4 is 5.91 Å². The van der Waals surface area contributed by atoms with Crippen molar-refractivity contribution < 1.29 is 9.53 Å². The maximum absolute atomic E-state index is 12.1. The van der Waals surface area contributed by atoms with Gasteiger partial charge in [0.15, 0.2) is 0 Å². The molecule has 0 spiro atoms. The van der Waals surface area contributed by atoms with Crippen LogP contribution in [-0.4, -0.2) is 19.1 Å². The molecule has 102 valence electrons. The van der Waals surface area contributed by atoms with Crippen LogP contribution in [-0.2, 0) is 15.1 Å². The van der Waals surface area contributed by atoms with E-state index in [2.05, 4.69) is 36.5 Å². The number of carbonyl (C=O) groups excluding carboxylic acids is 1. The zero-order chi connectivity index (χ0) is 13.3. The minimum atomic E-state index is -0.0808. The molecule has 1 aliphatic carbocycles. The summed E-state index contributed by atoms with van der Waals surface area (Å²) in [5.74, 6) is 0.586. The molecule has 3 rings (SSSR count). The Bertz CT molecular complexity index is 473. The highest BCUT2D eigenvalue weighted by molar-refractivity contribution is 5.78. The van der Waals surface area contributed by atoms with Crippen LogP contribution < -0.4 is 5.32 Å². The van der Waals surface area contributed by atoms with Gasteiger partial charge in [-0.15, -0.1) is 0 Å². The molecule has 1 amide bonds. The number of hydrogen-bond donors (Lipinski definition) is 1. The molecule has 2 aliphatic rings. The second kappa shape index (κ2) is 4.97. The van der Waals surface area contributed by atoms with Gasteiger partial charge in [0.05, 0.1) is 5.54 Å². The SMILES string of the molecule is Cc1cccc(C2(NC(=O)C[C@H]3CCOC3)CC2)c1. The Kier molecular flexibility index (Phi) is 3.31. The molecular weight excluding hydrogens is 238 g/mol. The van der Waals surface area contributed by atoms with E-state index in [0.717, 1.165) is 32.5 Å². The van der Waals surface area contributed by atoms with E-state index in [9.17, 15) is 4.79 Å². The van der Waals surface area contributed by atoms with Crippen LogP contribution in [0.3, 0.4) is 0 Å². The molecule has 19 heavy (non-hydrogen) atoms. The molecule has 3 nitrogen and oxygen atoms in total. The van der Waals surface area contributed by atoms with Crippen LogP contribution in [0, 0.1) is 12.8 Å². The second-order valence-corrected chi connectivity index (χ2v) is 5.93. The molecular formula is C16H21NO2. The van der Waals surface area contributed by atoms with Crippen molar-refractivity contribution in [3.8, 4) is 0 Å². The fraction of sp³-hybridized carbons (Fsp3) is 0.562. The van der Waals surface area contributed by atoms with Crippen LogP contribution in [0.15, 0.2) is 24.3 Å². The standard InChI is InChI=1S/C16H21NO2/c1-12-3-2-4-14(9-12)16(6-7-16)17-15(18)10-13-5-8-19-11-13/h2-4,9,13H,5-8,10-11H2,1H3,(H,17,18)/t13-/m1/s1. The zero-order valence-corrected chi connectivity index (χ0v) is 11.4. The molecule has 0 unspecified atom stereocenters. The summed E-state index contributed by atoms with van der Waals surface area (Å²) in [6, 6.07) is 8.48. The predicted molar refractivity (Wildman–Crippen MR) is 73.8 cm³/mol. The average molecular weight is 259 g/mol. The lowest BCUT2D eigenvalue weighted by molar-refractivity contribution is -0.123. The molecule has 0 bridgehead atoms. The number of rotatable bonds is 4. The molecule has 0 radical (unpaired) electrons. The van der Waals surface area contributed by atoms with Gasteiger partial charge in [-0.3, -0.25) is 4.79 Å². The molecule has 1 atom stereocenters. The van der Waals surface area contributed by atoms with Gasteiger partial charge < -0.3 is 10.1 Å². The Morgan fingerprint density at radius 1 is 1.47 bits per heavy atom. The zero-order valence-electron chi connectivity index (χ0n) is 11.4. The number of amides is 1. The lowest BCUT2D eigenvalue weighted by atomic mass is 10.0. The van der Waals surface area contributed by atoms with Crippen molar-refractivity contribution in [3.05, 3.63) is 35.4 Å². The van der Waals surface area contributed by atoms with Crippen LogP contribution in [0.4, 0.5) is 0 Å². The van der Waals surface area contributed by atoms with Gasteiger partial charge in [-0.25, -0.2) is 0 Å². The first-order chi connectivity index (χ1) is 9.18. The van der Waals surface area contributed by atoms with Crippen LogP contribution >= 0.6 is 0 Å². The Labute approximate surface area is 114 Å². The monoisotopic (exact) mass is 259 g/mol. The van der Waals surface area contributed by atoms with Gasteiger partial charge in [-0.1, -0.05) is 29.8 Å². The van der Waals surface area contributed by atoms with Crippen LogP contribution in [0.5, 0.6) is 0 Å². The van der Waals surface area contributed by atoms with E-state index < -0.39 is 0 Å². The minimum absolute atomic E-state index is 0.0808. The summed E-state index contributed by atoms with van der Waals surface area (Å²) in [7, 11) is 0. The highest BCUT2D eigenvalue weighted by Gasteiger charge is 2.45. The number of aryl methyl sites for hydroxylation is 1. The quantitative estimate of drug-likeness (QED) is 0.902. The fourth-order valence-corrected chi connectivity index (χ4v) is 2.88. The highest BCUT2D eigenvalue weighted by atomic mass is 16.5. The number of hydrogen-bond acceptors (Lipinski definition) is 2. The van der Waals surface area contributed by atoms with Crippen LogP contribution in [0.25, 0.3) is 0 Å². The van der Waals surface area contributed by atoms with Crippen molar-refractivity contribution in [2.24, 2.45) is 5.92 Å². The summed E-state index contributed by atoms with van der Waals surface area (Å²) >= 11 is 0. The lowest BCUT2D eigenvalue weighted by Crippen LogP contribution is -2.35. The third-order valence-corrected chi connectivity index (χ3v) is 4.20. The lowest BCUT2D eigenvalue weighted by Gasteiger charge is -2.19. The largest absolute Gasteiger partial charge is 0.381 e. The summed E-state index contributed by atoms with van der Waals surface area (Å²) in [6.45, 7) is 3.64. The van der Waals surface area contributed by atoms with E-state index in [1.54, 1.807) is 0 Å². The molecule has 0 aromatic heterocycles. The molecule has 1 N–H and O–H groups in total. The summed E-state index contributed by atoms with van der Waals surface area (Å²) in [6.07, 6.45) is 3.74. The van der Waals surface area contributed by atoms with E-state index in [-0.39, 0.29) is 11.4 Å². The number of benzene rings is 1. The Hall–Kier alpha value is -1.35. The molecule has 1 heterocycles. The van der Waals surface area contributed by atoms with Gasteiger partial charge in [0.2, 0.25) is 5.91 Å². The Morgan fingerprint density at radius 3 is 2.95 bits per heavy atom. The van der Waals surface area contributed by atoms with Crippen molar-refractivity contribution in [1.29, 1.82) is 0 Å². The number of ether oxygens (including phenoxy) is 1. The van der Waals surface area contributed by atoms with Gasteiger partial charge in [-0.2, -0.15) is 0 Å². The second-order valence-electron chi connectivity index (χ2n) is 5.93. The molecule has 3 heteroatoms. The van der Waals surface area contributed by atoms with E-state index >= 15 is 0 Å². The molecule has 2 fully saturated rings. The van der Waals surface area contributed by atoms with Crippen LogP contribution in [0.2, 0.25) is 0 Å². The first-order valence-electron chi connectivity index (χ1n) is 7.14. The normalized spacial score (nSPS) is 24.2. The molecule has 1 aliphatic heterocycles. The smallest absolute Gasteiger partial charge is 0.221 e. The van der Waals surface area contributed by atoms with Crippen molar-refractivity contribution in [2.75, 3.05) is 13.2 Å². The van der Waals surface area contributed by atoms with Gasteiger partial charge in [0.25, 0.3) is 0 Å². The van der Waals surface area contributed by atoms with E-state index in [1.165, 1.54) is 11.1 Å². The Balaban J connectivity index is 1.63. The molecule has 1 saturated carbocycles. The number of nitrogens with one attached hydrogen (secondary N) is 1. The third kappa shape index (κ3) is 2.81. The highest BCUT2D eigenvalue weighted by Crippen LogP contribution is 2.45. The Morgan fingerprint density at radius 2 is 2.32 bits per heavy atom. The molecule has 1 aromatic rings.